The maximum absolute atomic E-state index is 12.4. The van der Waals surface area contributed by atoms with E-state index < -0.39 is 10.0 Å². The van der Waals surface area contributed by atoms with Gasteiger partial charge in [0.15, 0.2) is 0 Å². The van der Waals surface area contributed by atoms with Crippen molar-refractivity contribution in [2.24, 2.45) is 5.92 Å². The van der Waals surface area contributed by atoms with Crippen LogP contribution in [-0.4, -0.2) is 25.8 Å². The predicted octanol–water partition coefficient (Wildman–Crippen LogP) is 3.41. The summed E-state index contributed by atoms with van der Waals surface area (Å²) in [5.74, 6) is 0.588. The highest BCUT2D eigenvalue weighted by Gasteiger charge is 2.28. The molecule has 1 aromatic rings. The maximum atomic E-state index is 12.4. The Morgan fingerprint density at radius 1 is 1.17 bits per heavy atom. The molecule has 0 aromatic heterocycles. The van der Waals surface area contributed by atoms with Crippen LogP contribution in [0.25, 0.3) is 0 Å². The summed E-state index contributed by atoms with van der Waals surface area (Å²) in [6.07, 6.45) is 1.81. The summed E-state index contributed by atoms with van der Waals surface area (Å²) >= 11 is 11.7. The fraction of sp³-hybridized carbons (Fsp3) is 0.500. The lowest BCUT2D eigenvalue weighted by Gasteiger charge is -2.29. The molecule has 1 aliphatic heterocycles. The fourth-order valence-corrected chi connectivity index (χ4v) is 3.87. The van der Waals surface area contributed by atoms with Crippen LogP contribution < -0.4 is 0 Å². The van der Waals surface area contributed by atoms with Crippen LogP contribution in [0.15, 0.2) is 23.1 Å². The van der Waals surface area contributed by atoms with E-state index in [1.165, 1.54) is 22.5 Å². The second-order valence-corrected chi connectivity index (χ2v) is 7.41. The standard InChI is InChI=1S/C12H15Cl2NO2S/c1-9-4-6-15(7-5-9)18(16,17)10-2-3-11(13)12(14)8-10/h2-3,8-9H,4-7H2,1H3. The first-order chi connectivity index (χ1) is 8.41. The van der Waals surface area contributed by atoms with E-state index in [-0.39, 0.29) is 9.92 Å². The fourth-order valence-electron chi connectivity index (χ4n) is 2.01. The van der Waals surface area contributed by atoms with E-state index in [9.17, 15) is 8.42 Å². The first-order valence-corrected chi connectivity index (χ1v) is 8.06. The molecule has 0 atom stereocenters. The monoisotopic (exact) mass is 307 g/mol. The van der Waals surface area contributed by atoms with E-state index in [1.54, 1.807) is 0 Å². The lowest BCUT2D eigenvalue weighted by Crippen LogP contribution is -2.37. The number of hydrogen-bond acceptors (Lipinski definition) is 2. The molecule has 0 radical (unpaired) electrons. The molecule has 0 N–H and O–H groups in total. The van der Waals surface area contributed by atoms with Gasteiger partial charge in [0.2, 0.25) is 10.0 Å². The van der Waals surface area contributed by atoms with Crippen LogP contribution in [0.1, 0.15) is 19.8 Å². The third-order valence-electron chi connectivity index (χ3n) is 3.27. The molecule has 0 saturated carbocycles. The summed E-state index contributed by atoms with van der Waals surface area (Å²) in [5.41, 5.74) is 0. The summed E-state index contributed by atoms with van der Waals surface area (Å²) in [4.78, 5) is 0.214. The molecular formula is C12H15Cl2NO2S. The largest absolute Gasteiger partial charge is 0.243 e. The van der Waals surface area contributed by atoms with Gasteiger partial charge in [-0.3, -0.25) is 0 Å². The summed E-state index contributed by atoms with van der Waals surface area (Å²) in [6, 6.07) is 4.43. The SMILES string of the molecule is CC1CCN(S(=O)(=O)c2ccc(Cl)c(Cl)c2)CC1. The van der Waals surface area contributed by atoms with Gasteiger partial charge >= 0.3 is 0 Å². The van der Waals surface area contributed by atoms with Crippen molar-refractivity contribution in [2.45, 2.75) is 24.7 Å². The predicted molar refractivity (Wildman–Crippen MR) is 73.6 cm³/mol. The Balaban J connectivity index is 2.27. The highest BCUT2D eigenvalue weighted by Crippen LogP contribution is 2.28. The molecule has 18 heavy (non-hydrogen) atoms. The maximum Gasteiger partial charge on any atom is 0.243 e. The molecule has 1 heterocycles. The number of nitrogens with zero attached hydrogens (tertiary/aromatic N) is 1. The average Bonchev–Trinajstić information content (AvgIpc) is 2.33. The molecule has 0 amide bonds. The molecule has 0 bridgehead atoms. The lowest BCUT2D eigenvalue weighted by atomic mass is 10.0. The van der Waals surface area contributed by atoms with Crippen LogP contribution in [-0.2, 0) is 10.0 Å². The highest BCUT2D eigenvalue weighted by atomic mass is 35.5. The van der Waals surface area contributed by atoms with Crippen molar-refractivity contribution in [1.82, 2.24) is 4.31 Å². The third-order valence-corrected chi connectivity index (χ3v) is 5.91. The Kier molecular flexibility index (Phi) is 4.22. The highest BCUT2D eigenvalue weighted by molar-refractivity contribution is 7.89. The van der Waals surface area contributed by atoms with Crippen LogP contribution in [0.3, 0.4) is 0 Å². The Morgan fingerprint density at radius 2 is 1.78 bits per heavy atom. The summed E-state index contributed by atoms with van der Waals surface area (Å²) in [6.45, 7) is 3.29. The molecule has 3 nitrogen and oxygen atoms in total. The second kappa shape index (κ2) is 5.37. The Labute approximate surface area is 118 Å². The van der Waals surface area contributed by atoms with E-state index in [0.29, 0.717) is 24.0 Å². The Bertz CT molecular complexity index is 537. The van der Waals surface area contributed by atoms with Crippen LogP contribution >= 0.6 is 23.2 Å². The first-order valence-electron chi connectivity index (χ1n) is 5.86. The number of rotatable bonds is 2. The number of hydrogen-bond donors (Lipinski definition) is 0. The van der Waals surface area contributed by atoms with E-state index in [4.69, 9.17) is 23.2 Å². The minimum Gasteiger partial charge on any atom is -0.207 e. The van der Waals surface area contributed by atoms with E-state index in [1.807, 2.05) is 0 Å². The molecular weight excluding hydrogens is 293 g/mol. The third kappa shape index (κ3) is 2.82. The molecule has 1 fully saturated rings. The van der Waals surface area contributed by atoms with Crippen molar-refractivity contribution in [3.8, 4) is 0 Å². The topological polar surface area (TPSA) is 37.4 Å². The lowest BCUT2D eigenvalue weighted by molar-refractivity contribution is 0.288. The molecule has 1 aromatic carbocycles. The van der Waals surface area contributed by atoms with Gasteiger partial charge in [0, 0.05) is 13.1 Å². The van der Waals surface area contributed by atoms with Gasteiger partial charge < -0.3 is 0 Å². The first kappa shape index (κ1) is 14.1. The molecule has 2 rings (SSSR count). The van der Waals surface area contributed by atoms with Gasteiger partial charge in [0.25, 0.3) is 0 Å². The molecule has 100 valence electrons. The molecule has 1 aliphatic rings. The van der Waals surface area contributed by atoms with Crippen molar-refractivity contribution in [2.75, 3.05) is 13.1 Å². The van der Waals surface area contributed by atoms with Crippen molar-refractivity contribution in [3.05, 3.63) is 28.2 Å². The summed E-state index contributed by atoms with van der Waals surface area (Å²) < 4.78 is 26.3. The van der Waals surface area contributed by atoms with E-state index >= 15 is 0 Å². The smallest absolute Gasteiger partial charge is 0.207 e. The summed E-state index contributed by atoms with van der Waals surface area (Å²) in [5, 5.41) is 0.631. The Morgan fingerprint density at radius 3 is 2.33 bits per heavy atom. The van der Waals surface area contributed by atoms with Gasteiger partial charge in [0.05, 0.1) is 14.9 Å². The van der Waals surface area contributed by atoms with Crippen molar-refractivity contribution < 1.29 is 8.42 Å². The van der Waals surface area contributed by atoms with E-state index in [2.05, 4.69) is 6.92 Å². The molecule has 0 unspecified atom stereocenters. The van der Waals surface area contributed by atoms with Crippen molar-refractivity contribution in [3.63, 3.8) is 0 Å². The average molecular weight is 308 g/mol. The van der Waals surface area contributed by atoms with Crippen LogP contribution in [0, 0.1) is 5.92 Å². The van der Waals surface area contributed by atoms with Gasteiger partial charge in [-0.2, -0.15) is 4.31 Å². The van der Waals surface area contributed by atoms with E-state index in [0.717, 1.165) is 12.8 Å². The van der Waals surface area contributed by atoms with Gasteiger partial charge in [-0.15, -0.1) is 0 Å². The van der Waals surface area contributed by atoms with Crippen LogP contribution in [0.4, 0.5) is 0 Å². The number of benzene rings is 1. The van der Waals surface area contributed by atoms with Crippen LogP contribution in [0.2, 0.25) is 10.0 Å². The minimum atomic E-state index is -3.43. The normalized spacial score (nSPS) is 19.1. The number of piperidine rings is 1. The molecule has 6 heteroatoms. The van der Waals surface area contributed by atoms with Crippen molar-refractivity contribution in [1.29, 1.82) is 0 Å². The van der Waals surface area contributed by atoms with Gasteiger partial charge in [-0.1, -0.05) is 30.1 Å². The molecule has 1 saturated heterocycles. The quantitative estimate of drug-likeness (QED) is 0.839. The zero-order valence-electron chi connectivity index (χ0n) is 10.1. The molecule has 0 spiro atoms. The van der Waals surface area contributed by atoms with Gasteiger partial charge in [-0.25, -0.2) is 8.42 Å². The second-order valence-electron chi connectivity index (χ2n) is 4.66. The van der Waals surface area contributed by atoms with Gasteiger partial charge in [0.1, 0.15) is 0 Å². The van der Waals surface area contributed by atoms with Gasteiger partial charge in [-0.05, 0) is 37.0 Å². The summed E-state index contributed by atoms with van der Waals surface area (Å²) in [7, 11) is -3.43. The zero-order valence-corrected chi connectivity index (χ0v) is 12.4. The zero-order chi connectivity index (χ0) is 13.3. The minimum absolute atomic E-state index is 0.214. The van der Waals surface area contributed by atoms with Crippen LogP contribution in [0.5, 0.6) is 0 Å². The number of halogens is 2. The van der Waals surface area contributed by atoms with Crippen molar-refractivity contribution >= 4 is 33.2 Å². The molecule has 0 aliphatic carbocycles. The Hall–Kier alpha value is -0.290. The number of sulfonamides is 1.